The molecule has 4 heteroatoms. The number of hydrogen-bond acceptors (Lipinski definition) is 2. The Kier molecular flexibility index (Phi) is 2.64. The highest BCUT2D eigenvalue weighted by Crippen LogP contribution is 2.39. The second kappa shape index (κ2) is 4.00. The van der Waals surface area contributed by atoms with E-state index >= 15 is 0 Å². The highest BCUT2D eigenvalue weighted by Gasteiger charge is 2.27. The summed E-state index contributed by atoms with van der Waals surface area (Å²) in [6.07, 6.45) is 6.63. The molecule has 0 aliphatic heterocycles. The zero-order valence-corrected chi connectivity index (χ0v) is 11.5. The van der Waals surface area contributed by atoms with Gasteiger partial charge in [0.05, 0.1) is 6.54 Å². The van der Waals surface area contributed by atoms with Crippen molar-refractivity contribution in [2.75, 3.05) is 0 Å². The fourth-order valence-corrected chi connectivity index (χ4v) is 3.52. The third-order valence-corrected chi connectivity index (χ3v) is 5.05. The van der Waals surface area contributed by atoms with Crippen LogP contribution in [0.25, 0.3) is 0 Å². The molecule has 84 valence electrons. The minimum Gasteiger partial charge on any atom is -0.329 e. The van der Waals surface area contributed by atoms with Crippen LogP contribution >= 0.6 is 27.3 Å². The van der Waals surface area contributed by atoms with Gasteiger partial charge in [-0.1, -0.05) is 0 Å². The minimum absolute atomic E-state index is 0.722. The van der Waals surface area contributed by atoms with E-state index in [0.29, 0.717) is 0 Å². The molecule has 1 aliphatic carbocycles. The monoisotopic (exact) mass is 296 g/mol. The molecular formula is C12H13BrN2S. The maximum Gasteiger partial charge on any atom is 0.112 e. The third kappa shape index (κ3) is 1.96. The van der Waals surface area contributed by atoms with Crippen molar-refractivity contribution in [3.05, 3.63) is 38.5 Å². The molecule has 2 heterocycles. The number of hydrogen-bond donors (Lipinski definition) is 0. The van der Waals surface area contributed by atoms with Crippen LogP contribution in [0.5, 0.6) is 0 Å². The molecule has 0 atom stereocenters. The molecule has 0 unspecified atom stereocenters. The molecule has 0 amide bonds. The fraction of sp³-hybridized carbons (Fsp3) is 0.417. The molecule has 1 aliphatic rings. The quantitative estimate of drug-likeness (QED) is 0.839. The van der Waals surface area contributed by atoms with E-state index in [1.54, 1.807) is 0 Å². The average molecular weight is 297 g/mol. The lowest BCUT2D eigenvalue weighted by Gasteiger charge is -2.04. The molecule has 0 aromatic carbocycles. The lowest BCUT2D eigenvalue weighted by Crippen LogP contribution is -2.01. The maximum atomic E-state index is 4.46. The Morgan fingerprint density at radius 3 is 3.00 bits per heavy atom. The second-order valence-electron chi connectivity index (χ2n) is 4.30. The highest BCUT2D eigenvalue weighted by molar-refractivity contribution is 9.10. The van der Waals surface area contributed by atoms with Gasteiger partial charge in [-0.25, -0.2) is 4.98 Å². The van der Waals surface area contributed by atoms with E-state index in [-0.39, 0.29) is 0 Å². The van der Waals surface area contributed by atoms with Gasteiger partial charge in [0.2, 0.25) is 0 Å². The minimum atomic E-state index is 0.722. The molecule has 0 spiro atoms. The smallest absolute Gasteiger partial charge is 0.112 e. The maximum absolute atomic E-state index is 4.46. The number of nitrogens with zero attached hydrogens (tertiary/aromatic N) is 2. The van der Waals surface area contributed by atoms with E-state index in [1.807, 2.05) is 17.5 Å². The number of thiophene rings is 1. The molecule has 1 saturated carbocycles. The van der Waals surface area contributed by atoms with Gasteiger partial charge in [0.25, 0.3) is 0 Å². The first-order valence-corrected chi connectivity index (χ1v) is 7.11. The predicted molar refractivity (Wildman–Crippen MR) is 70.1 cm³/mol. The Balaban J connectivity index is 1.85. The number of aromatic nitrogens is 2. The van der Waals surface area contributed by atoms with Gasteiger partial charge in [0.15, 0.2) is 0 Å². The van der Waals surface area contributed by atoms with E-state index in [0.717, 1.165) is 12.5 Å². The lowest BCUT2D eigenvalue weighted by atomic mass is 10.3. The van der Waals surface area contributed by atoms with Gasteiger partial charge >= 0.3 is 0 Å². The van der Waals surface area contributed by atoms with Crippen LogP contribution in [0.15, 0.2) is 22.9 Å². The average Bonchev–Trinajstić information content (AvgIpc) is 2.91. The molecule has 2 aromatic heterocycles. The molecule has 0 saturated heterocycles. The summed E-state index contributed by atoms with van der Waals surface area (Å²) in [5.74, 6) is 1.99. The molecule has 2 aromatic rings. The molecule has 2 nitrogen and oxygen atoms in total. The van der Waals surface area contributed by atoms with E-state index < -0.39 is 0 Å². The van der Waals surface area contributed by atoms with Crippen molar-refractivity contribution in [2.45, 2.75) is 32.2 Å². The van der Waals surface area contributed by atoms with Gasteiger partial charge in [0, 0.05) is 32.5 Å². The van der Waals surface area contributed by atoms with Crippen LogP contribution in [0.1, 0.15) is 34.3 Å². The van der Waals surface area contributed by atoms with Gasteiger partial charge < -0.3 is 4.57 Å². The summed E-state index contributed by atoms with van der Waals surface area (Å²) in [6, 6.07) is 2.22. The normalized spacial score (nSPS) is 15.6. The van der Waals surface area contributed by atoms with Gasteiger partial charge in [-0.2, -0.15) is 0 Å². The number of rotatable bonds is 3. The second-order valence-corrected chi connectivity index (χ2v) is 6.50. The van der Waals surface area contributed by atoms with Crippen LogP contribution < -0.4 is 0 Å². The lowest BCUT2D eigenvalue weighted by molar-refractivity contribution is 0.734. The predicted octanol–water partition coefficient (Wildman–Crippen LogP) is 3.94. The summed E-state index contributed by atoms with van der Waals surface area (Å²) >= 11 is 5.42. The van der Waals surface area contributed by atoms with Crippen LogP contribution in [0.2, 0.25) is 0 Å². The summed E-state index contributed by atoms with van der Waals surface area (Å²) in [5, 5.41) is 0. The van der Waals surface area contributed by atoms with E-state index in [1.165, 1.54) is 32.9 Å². The zero-order chi connectivity index (χ0) is 11.1. The number of imidazole rings is 1. The molecule has 16 heavy (non-hydrogen) atoms. The number of halogens is 1. The molecule has 0 N–H and O–H groups in total. The van der Waals surface area contributed by atoms with Crippen LogP contribution in [0.4, 0.5) is 0 Å². The SMILES string of the molecule is Cc1sc(Cn2ccnc2C2CC2)cc1Br. The van der Waals surface area contributed by atoms with E-state index in [2.05, 4.69) is 44.7 Å². The summed E-state index contributed by atoms with van der Waals surface area (Å²) in [4.78, 5) is 7.20. The van der Waals surface area contributed by atoms with Crippen molar-refractivity contribution in [3.8, 4) is 0 Å². The van der Waals surface area contributed by atoms with Gasteiger partial charge in [0.1, 0.15) is 5.82 Å². The topological polar surface area (TPSA) is 17.8 Å². The van der Waals surface area contributed by atoms with Crippen molar-refractivity contribution in [3.63, 3.8) is 0 Å². The molecular weight excluding hydrogens is 284 g/mol. The molecule has 3 rings (SSSR count). The largest absolute Gasteiger partial charge is 0.329 e. The van der Waals surface area contributed by atoms with Gasteiger partial charge in [-0.05, 0) is 41.8 Å². The van der Waals surface area contributed by atoms with E-state index in [4.69, 9.17) is 0 Å². The van der Waals surface area contributed by atoms with Crippen molar-refractivity contribution < 1.29 is 0 Å². The Hall–Kier alpha value is -0.610. The van der Waals surface area contributed by atoms with Crippen molar-refractivity contribution in [1.82, 2.24) is 9.55 Å². The van der Waals surface area contributed by atoms with Crippen molar-refractivity contribution >= 4 is 27.3 Å². The summed E-state index contributed by atoms with van der Waals surface area (Å²) in [7, 11) is 0. The van der Waals surface area contributed by atoms with Crippen LogP contribution in [0, 0.1) is 6.92 Å². The van der Waals surface area contributed by atoms with Crippen molar-refractivity contribution in [1.29, 1.82) is 0 Å². The van der Waals surface area contributed by atoms with Crippen LogP contribution in [-0.2, 0) is 6.54 Å². The Bertz CT molecular complexity index is 491. The summed E-state index contributed by atoms with van der Waals surface area (Å²) < 4.78 is 3.51. The zero-order valence-electron chi connectivity index (χ0n) is 9.11. The Morgan fingerprint density at radius 1 is 1.56 bits per heavy atom. The summed E-state index contributed by atoms with van der Waals surface area (Å²) in [5.41, 5.74) is 0. The third-order valence-electron chi connectivity index (χ3n) is 2.92. The van der Waals surface area contributed by atoms with Crippen molar-refractivity contribution in [2.24, 2.45) is 0 Å². The first-order chi connectivity index (χ1) is 7.74. The highest BCUT2D eigenvalue weighted by atomic mass is 79.9. The van der Waals surface area contributed by atoms with Gasteiger partial charge in [-0.15, -0.1) is 11.3 Å². The molecule has 1 fully saturated rings. The van der Waals surface area contributed by atoms with Crippen LogP contribution in [0.3, 0.4) is 0 Å². The van der Waals surface area contributed by atoms with E-state index in [9.17, 15) is 0 Å². The Morgan fingerprint density at radius 2 is 2.38 bits per heavy atom. The summed E-state index contributed by atoms with van der Waals surface area (Å²) in [6.45, 7) is 3.11. The first-order valence-electron chi connectivity index (χ1n) is 5.50. The standard InChI is InChI=1S/C12H13BrN2S/c1-8-11(13)6-10(16-8)7-15-5-4-14-12(15)9-2-3-9/h4-6,9H,2-3,7H2,1H3. The number of aryl methyl sites for hydroxylation is 1. The molecule has 0 bridgehead atoms. The Labute approximate surface area is 107 Å². The van der Waals surface area contributed by atoms with Crippen LogP contribution in [-0.4, -0.2) is 9.55 Å². The van der Waals surface area contributed by atoms with Gasteiger partial charge in [-0.3, -0.25) is 0 Å². The first kappa shape index (κ1) is 10.5. The fourth-order valence-electron chi connectivity index (χ4n) is 1.92. The molecule has 0 radical (unpaired) electrons.